The van der Waals surface area contributed by atoms with Crippen LogP contribution < -0.4 is 19.7 Å². The van der Waals surface area contributed by atoms with Crippen molar-refractivity contribution in [3.05, 3.63) is 90.0 Å². The second-order valence-corrected chi connectivity index (χ2v) is 7.57. The van der Waals surface area contributed by atoms with Gasteiger partial charge in [0.2, 0.25) is 0 Å². The number of nitrogens with zero attached hydrogens (tertiary/aromatic N) is 1. The molecule has 0 bridgehead atoms. The molecule has 8 nitrogen and oxygen atoms in total. The fourth-order valence-corrected chi connectivity index (χ4v) is 3.51. The van der Waals surface area contributed by atoms with Crippen molar-refractivity contribution >= 4 is 23.5 Å². The van der Waals surface area contributed by atoms with E-state index in [1.54, 1.807) is 48.5 Å². The van der Waals surface area contributed by atoms with Crippen molar-refractivity contribution in [1.82, 2.24) is 5.32 Å². The summed E-state index contributed by atoms with van der Waals surface area (Å²) in [4.78, 5) is 39.0. The van der Waals surface area contributed by atoms with Crippen molar-refractivity contribution in [2.24, 2.45) is 0 Å². The molecule has 3 aromatic rings. The number of ether oxygens (including phenoxy) is 3. The average molecular weight is 460 g/mol. The number of rotatable bonds is 7. The first kappa shape index (κ1) is 22.8. The summed E-state index contributed by atoms with van der Waals surface area (Å²) in [6.45, 7) is -0.112. The second-order valence-electron chi connectivity index (χ2n) is 7.57. The largest absolute Gasteiger partial charge is 0.489 e. The molecule has 1 aliphatic rings. The van der Waals surface area contributed by atoms with E-state index in [1.807, 2.05) is 30.3 Å². The minimum Gasteiger partial charge on any atom is -0.489 e. The van der Waals surface area contributed by atoms with Gasteiger partial charge in [-0.1, -0.05) is 48.5 Å². The molecule has 1 N–H and O–H groups in total. The smallest absolute Gasteiger partial charge is 0.338 e. The zero-order chi connectivity index (χ0) is 23.9. The molecule has 3 aromatic carbocycles. The zero-order valence-corrected chi connectivity index (χ0v) is 18.6. The molecule has 4 rings (SSSR count). The molecule has 0 aromatic heterocycles. The van der Waals surface area contributed by atoms with Crippen LogP contribution in [-0.2, 0) is 20.9 Å². The third-order valence-corrected chi connectivity index (χ3v) is 5.26. The van der Waals surface area contributed by atoms with Gasteiger partial charge in [0.25, 0.3) is 11.8 Å². The Morgan fingerprint density at radius 1 is 1.00 bits per heavy atom. The van der Waals surface area contributed by atoms with Crippen LogP contribution in [0.5, 0.6) is 11.5 Å². The summed E-state index contributed by atoms with van der Waals surface area (Å²) in [5.74, 6) is -0.542. The van der Waals surface area contributed by atoms with E-state index in [9.17, 15) is 14.4 Å². The molecule has 1 atom stereocenters. The maximum absolute atomic E-state index is 12.9. The lowest BCUT2D eigenvalue weighted by atomic mass is 10.1. The molecular formula is C26H24N2O6. The van der Waals surface area contributed by atoms with Gasteiger partial charge in [0.15, 0.2) is 12.7 Å². The Kier molecular flexibility index (Phi) is 7.07. The highest BCUT2D eigenvalue weighted by Gasteiger charge is 2.33. The van der Waals surface area contributed by atoms with Gasteiger partial charge in [-0.3, -0.25) is 9.59 Å². The second kappa shape index (κ2) is 10.5. The van der Waals surface area contributed by atoms with Crippen LogP contribution in [-0.4, -0.2) is 44.1 Å². The predicted molar refractivity (Wildman–Crippen MR) is 125 cm³/mol. The van der Waals surface area contributed by atoms with Gasteiger partial charge in [0.05, 0.1) is 17.8 Å². The van der Waals surface area contributed by atoms with E-state index in [1.165, 1.54) is 11.9 Å². The van der Waals surface area contributed by atoms with Crippen molar-refractivity contribution in [1.29, 1.82) is 0 Å². The number of para-hydroxylation sites is 2. The van der Waals surface area contributed by atoms with Gasteiger partial charge >= 0.3 is 5.97 Å². The maximum atomic E-state index is 12.9. The van der Waals surface area contributed by atoms with Gasteiger partial charge < -0.3 is 24.4 Å². The summed E-state index contributed by atoms with van der Waals surface area (Å²) in [7, 11) is 1.50. The minimum absolute atomic E-state index is 0.00980. The number of likely N-dealkylation sites (N-methyl/N-ethyl adjacent to an activating group) is 1. The first-order valence-electron chi connectivity index (χ1n) is 10.8. The summed E-state index contributed by atoms with van der Waals surface area (Å²) in [5, 5.41) is 2.52. The molecule has 1 aliphatic heterocycles. The van der Waals surface area contributed by atoms with Crippen LogP contribution in [0.25, 0.3) is 0 Å². The van der Waals surface area contributed by atoms with Gasteiger partial charge in [-0.2, -0.15) is 0 Å². The zero-order valence-electron chi connectivity index (χ0n) is 18.6. The van der Waals surface area contributed by atoms with Crippen LogP contribution in [0.2, 0.25) is 0 Å². The lowest BCUT2D eigenvalue weighted by Crippen LogP contribution is -2.51. The van der Waals surface area contributed by atoms with Crippen molar-refractivity contribution in [2.45, 2.75) is 12.7 Å². The first-order valence-corrected chi connectivity index (χ1v) is 10.8. The van der Waals surface area contributed by atoms with Gasteiger partial charge in [0.1, 0.15) is 18.1 Å². The molecule has 0 saturated heterocycles. The minimum atomic E-state index is -0.863. The summed E-state index contributed by atoms with van der Waals surface area (Å²) >= 11 is 0. The van der Waals surface area contributed by atoms with Crippen LogP contribution in [0, 0.1) is 0 Å². The maximum Gasteiger partial charge on any atom is 0.338 e. The summed E-state index contributed by atoms with van der Waals surface area (Å²) in [6, 6.07) is 23.2. The van der Waals surface area contributed by atoms with Gasteiger partial charge in [-0.15, -0.1) is 0 Å². The predicted octanol–water partition coefficient (Wildman–Crippen LogP) is 2.96. The van der Waals surface area contributed by atoms with Crippen LogP contribution in [0.3, 0.4) is 0 Å². The molecule has 8 heteroatoms. The molecule has 0 saturated carbocycles. The summed E-state index contributed by atoms with van der Waals surface area (Å²) < 4.78 is 16.7. The molecule has 34 heavy (non-hydrogen) atoms. The van der Waals surface area contributed by atoms with Gasteiger partial charge in [-0.05, 0) is 35.9 Å². The Bertz CT molecular complexity index is 1180. The van der Waals surface area contributed by atoms with Crippen LogP contribution in [0.4, 0.5) is 5.69 Å². The Morgan fingerprint density at radius 2 is 1.76 bits per heavy atom. The fourth-order valence-electron chi connectivity index (χ4n) is 3.51. The highest BCUT2D eigenvalue weighted by molar-refractivity contribution is 5.99. The Hall–Kier alpha value is -4.33. The highest BCUT2D eigenvalue weighted by atomic mass is 16.5. The van der Waals surface area contributed by atoms with Crippen LogP contribution in [0.15, 0.2) is 78.9 Å². The Labute approximate surface area is 197 Å². The number of anilines is 1. The Morgan fingerprint density at radius 3 is 2.56 bits per heavy atom. The lowest BCUT2D eigenvalue weighted by molar-refractivity contribution is -0.128. The average Bonchev–Trinajstić information content (AvgIpc) is 2.90. The molecule has 174 valence electrons. The normalized spacial score (nSPS) is 14.4. The number of carbonyl (C=O) groups excluding carboxylic acids is 3. The monoisotopic (exact) mass is 460 g/mol. The molecule has 0 aliphatic carbocycles. The summed E-state index contributed by atoms with van der Waals surface area (Å²) in [6.07, 6.45) is -0.863. The van der Waals surface area contributed by atoms with E-state index in [2.05, 4.69) is 5.32 Å². The topological polar surface area (TPSA) is 94.2 Å². The van der Waals surface area contributed by atoms with Crippen molar-refractivity contribution < 1.29 is 28.6 Å². The van der Waals surface area contributed by atoms with E-state index in [4.69, 9.17) is 14.2 Å². The first-order chi connectivity index (χ1) is 16.5. The number of benzene rings is 3. The van der Waals surface area contributed by atoms with Crippen LogP contribution in [0.1, 0.15) is 15.9 Å². The van der Waals surface area contributed by atoms with Crippen molar-refractivity contribution in [2.75, 3.05) is 25.1 Å². The number of carbonyl (C=O) groups is 3. The highest BCUT2D eigenvalue weighted by Crippen LogP contribution is 2.33. The number of fused-ring (bicyclic) bond motifs is 1. The van der Waals surface area contributed by atoms with E-state index < -0.39 is 24.6 Å². The molecule has 0 radical (unpaired) electrons. The molecule has 0 fully saturated rings. The third-order valence-electron chi connectivity index (χ3n) is 5.26. The van der Waals surface area contributed by atoms with E-state index >= 15 is 0 Å². The SMILES string of the molecule is CNC(=O)C1CN(C(=O)COC(=O)c2cccc(OCc3ccccc3)c2)c2ccccc2O1. The Balaban J connectivity index is 1.39. The molecule has 1 heterocycles. The van der Waals surface area contributed by atoms with E-state index in [-0.39, 0.29) is 18.0 Å². The van der Waals surface area contributed by atoms with Crippen molar-refractivity contribution in [3.63, 3.8) is 0 Å². The van der Waals surface area contributed by atoms with Crippen LogP contribution >= 0.6 is 0 Å². The molecule has 2 amide bonds. The van der Waals surface area contributed by atoms with E-state index in [0.29, 0.717) is 23.8 Å². The van der Waals surface area contributed by atoms with Gasteiger partial charge in [0, 0.05) is 7.05 Å². The standard InChI is InChI=1S/C26H24N2O6/c1-27-25(30)23-15-28(21-12-5-6-13-22(21)34-23)24(29)17-33-26(31)19-10-7-11-20(14-19)32-16-18-8-3-2-4-9-18/h2-14,23H,15-17H2,1H3,(H,27,30). The molecule has 0 spiro atoms. The number of amides is 2. The van der Waals surface area contributed by atoms with Crippen molar-refractivity contribution in [3.8, 4) is 11.5 Å². The number of hydrogen-bond donors (Lipinski definition) is 1. The molecule has 1 unspecified atom stereocenters. The lowest BCUT2D eigenvalue weighted by Gasteiger charge is -2.33. The van der Waals surface area contributed by atoms with E-state index in [0.717, 1.165) is 5.56 Å². The number of nitrogens with one attached hydrogen (secondary N) is 1. The third kappa shape index (κ3) is 5.35. The number of hydrogen-bond acceptors (Lipinski definition) is 6. The van der Waals surface area contributed by atoms with Gasteiger partial charge in [-0.25, -0.2) is 4.79 Å². The number of esters is 1. The summed E-state index contributed by atoms with van der Waals surface area (Å²) in [5.41, 5.74) is 1.78. The molecular weight excluding hydrogens is 436 g/mol. The fraction of sp³-hybridized carbons (Fsp3) is 0.192. The quantitative estimate of drug-likeness (QED) is 0.545.